The van der Waals surface area contributed by atoms with Gasteiger partial charge in [-0.3, -0.25) is 4.79 Å². The van der Waals surface area contributed by atoms with Gasteiger partial charge in [-0.2, -0.15) is 11.8 Å². The van der Waals surface area contributed by atoms with Crippen molar-refractivity contribution in [2.75, 3.05) is 18.5 Å². The van der Waals surface area contributed by atoms with Crippen molar-refractivity contribution >= 4 is 35.0 Å². The Morgan fingerprint density at radius 2 is 2.05 bits per heavy atom. The minimum absolute atomic E-state index is 0.0858. The molecule has 0 aliphatic carbocycles. The first-order valence-corrected chi connectivity index (χ1v) is 7.96. The summed E-state index contributed by atoms with van der Waals surface area (Å²) in [5.74, 6) is -0.169. The third-order valence-electron chi connectivity index (χ3n) is 3.53. The summed E-state index contributed by atoms with van der Waals surface area (Å²) in [6.07, 6.45) is 4.10. The topological polar surface area (TPSA) is 55.1 Å². The van der Waals surface area contributed by atoms with Crippen LogP contribution in [0.1, 0.15) is 37.0 Å². The number of nitrogens with one attached hydrogen (secondary N) is 1. The highest BCUT2D eigenvalue weighted by Gasteiger charge is 2.25. The highest BCUT2D eigenvalue weighted by Crippen LogP contribution is 2.29. The Hall–Kier alpha value is -0.870. The Labute approximate surface area is 124 Å². The van der Waals surface area contributed by atoms with E-state index < -0.39 is 0 Å². The van der Waals surface area contributed by atoms with Gasteiger partial charge in [0.15, 0.2) is 0 Å². The number of halogens is 1. The van der Waals surface area contributed by atoms with E-state index in [2.05, 4.69) is 25.4 Å². The SMILES string of the molecule is CCC(CC)(CNC(=O)c1cc(N)ccc1Cl)SC. The zero-order chi connectivity index (χ0) is 14.5. The normalized spacial score (nSPS) is 11.4. The van der Waals surface area contributed by atoms with Crippen molar-refractivity contribution in [2.24, 2.45) is 0 Å². The smallest absolute Gasteiger partial charge is 0.252 e. The molecule has 0 saturated carbocycles. The first kappa shape index (κ1) is 16.2. The van der Waals surface area contributed by atoms with Crippen LogP contribution in [0.15, 0.2) is 18.2 Å². The molecule has 106 valence electrons. The van der Waals surface area contributed by atoms with Gasteiger partial charge in [0.1, 0.15) is 0 Å². The molecule has 0 fully saturated rings. The summed E-state index contributed by atoms with van der Waals surface area (Å²) in [6.45, 7) is 4.91. The van der Waals surface area contributed by atoms with Gasteiger partial charge in [-0.15, -0.1) is 0 Å². The number of carbonyl (C=O) groups excluding carboxylic acids is 1. The fourth-order valence-electron chi connectivity index (χ4n) is 1.91. The lowest BCUT2D eigenvalue weighted by molar-refractivity contribution is 0.0949. The van der Waals surface area contributed by atoms with Gasteiger partial charge >= 0.3 is 0 Å². The molecule has 0 saturated heterocycles. The molecule has 19 heavy (non-hydrogen) atoms. The van der Waals surface area contributed by atoms with Gasteiger partial charge in [-0.1, -0.05) is 25.4 Å². The Kier molecular flexibility index (Phi) is 6.01. The summed E-state index contributed by atoms with van der Waals surface area (Å²) in [4.78, 5) is 12.2. The van der Waals surface area contributed by atoms with Gasteiger partial charge in [-0.25, -0.2) is 0 Å². The molecule has 0 aliphatic heterocycles. The number of benzene rings is 1. The number of nitrogen functional groups attached to an aromatic ring is 1. The number of rotatable bonds is 6. The number of hydrogen-bond donors (Lipinski definition) is 2. The van der Waals surface area contributed by atoms with Crippen molar-refractivity contribution in [3.63, 3.8) is 0 Å². The lowest BCUT2D eigenvalue weighted by Crippen LogP contribution is -2.39. The second kappa shape index (κ2) is 7.06. The Balaban J connectivity index is 2.77. The summed E-state index contributed by atoms with van der Waals surface area (Å²) in [5, 5.41) is 3.39. The summed E-state index contributed by atoms with van der Waals surface area (Å²) in [7, 11) is 0. The molecule has 0 radical (unpaired) electrons. The second-order valence-corrected chi connectivity index (χ2v) is 6.20. The molecule has 0 heterocycles. The number of carbonyl (C=O) groups is 1. The molecule has 0 aromatic heterocycles. The minimum atomic E-state index is -0.169. The Morgan fingerprint density at radius 3 is 2.58 bits per heavy atom. The van der Waals surface area contributed by atoms with Crippen LogP contribution >= 0.6 is 23.4 Å². The van der Waals surface area contributed by atoms with E-state index in [0.717, 1.165) is 12.8 Å². The van der Waals surface area contributed by atoms with Crippen molar-refractivity contribution in [1.29, 1.82) is 0 Å². The Morgan fingerprint density at radius 1 is 1.42 bits per heavy atom. The van der Waals surface area contributed by atoms with Gasteiger partial charge < -0.3 is 11.1 Å². The van der Waals surface area contributed by atoms with Crippen LogP contribution in [0.5, 0.6) is 0 Å². The molecule has 1 rings (SSSR count). The van der Waals surface area contributed by atoms with E-state index in [0.29, 0.717) is 22.8 Å². The van der Waals surface area contributed by atoms with Crippen LogP contribution in [-0.4, -0.2) is 23.5 Å². The van der Waals surface area contributed by atoms with Crippen molar-refractivity contribution in [3.8, 4) is 0 Å². The summed E-state index contributed by atoms with van der Waals surface area (Å²) >= 11 is 7.81. The Bertz CT molecular complexity index is 439. The number of amides is 1. The lowest BCUT2D eigenvalue weighted by atomic mass is 10.0. The zero-order valence-corrected chi connectivity index (χ0v) is 13.2. The molecule has 0 bridgehead atoms. The largest absolute Gasteiger partial charge is 0.399 e. The highest BCUT2D eigenvalue weighted by atomic mass is 35.5. The van der Waals surface area contributed by atoms with Crippen LogP contribution in [0, 0.1) is 0 Å². The second-order valence-electron chi connectivity index (χ2n) is 4.52. The van der Waals surface area contributed by atoms with Gasteiger partial charge in [-0.05, 0) is 37.3 Å². The first-order valence-electron chi connectivity index (χ1n) is 6.36. The molecule has 5 heteroatoms. The molecule has 3 nitrogen and oxygen atoms in total. The predicted molar refractivity (Wildman–Crippen MR) is 85.0 cm³/mol. The third-order valence-corrected chi connectivity index (χ3v) is 5.45. The highest BCUT2D eigenvalue weighted by molar-refractivity contribution is 8.00. The first-order chi connectivity index (χ1) is 8.98. The molecule has 1 aromatic rings. The molecule has 0 spiro atoms. The average molecular weight is 301 g/mol. The van der Waals surface area contributed by atoms with E-state index in [4.69, 9.17) is 17.3 Å². The van der Waals surface area contributed by atoms with Crippen LogP contribution in [0.2, 0.25) is 5.02 Å². The van der Waals surface area contributed by atoms with E-state index in [1.165, 1.54) is 0 Å². The summed E-state index contributed by atoms with van der Waals surface area (Å²) in [5.41, 5.74) is 6.66. The average Bonchev–Trinajstić information content (AvgIpc) is 2.43. The van der Waals surface area contributed by atoms with Crippen LogP contribution < -0.4 is 11.1 Å². The molecule has 0 atom stereocenters. The van der Waals surface area contributed by atoms with Crippen LogP contribution in [0.25, 0.3) is 0 Å². The number of hydrogen-bond acceptors (Lipinski definition) is 3. The lowest BCUT2D eigenvalue weighted by Gasteiger charge is -2.29. The fourth-order valence-corrected chi connectivity index (χ4v) is 2.91. The quantitative estimate of drug-likeness (QED) is 0.790. The third kappa shape index (κ3) is 4.05. The van der Waals surface area contributed by atoms with Crippen LogP contribution in [0.4, 0.5) is 5.69 Å². The number of nitrogens with two attached hydrogens (primary N) is 1. The maximum Gasteiger partial charge on any atom is 0.252 e. The predicted octanol–water partition coefficient (Wildman–Crippen LogP) is 3.57. The summed E-state index contributed by atoms with van der Waals surface area (Å²) in [6, 6.07) is 4.94. The van der Waals surface area contributed by atoms with Gasteiger partial charge in [0, 0.05) is 17.0 Å². The maximum atomic E-state index is 12.2. The van der Waals surface area contributed by atoms with E-state index >= 15 is 0 Å². The van der Waals surface area contributed by atoms with Gasteiger partial charge in [0.2, 0.25) is 0 Å². The van der Waals surface area contributed by atoms with Crippen LogP contribution in [-0.2, 0) is 0 Å². The monoisotopic (exact) mass is 300 g/mol. The van der Waals surface area contributed by atoms with Crippen molar-refractivity contribution in [1.82, 2.24) is 5.32 Å². The summed E-state index contributed by atoms with van der Waals surface area (Å²) < 4.78 is 0.0858. The number of anilines is 1. The minimum Gasteiger partial charge on any atom is -0.399 e. The van der Waals surface area contributed by atoms with Crippen molar-refractivity contribution < 1.29 is 4.79 Å². The molecule has 1 aromatic carbocycles. The molecular weight excluding hydrogens is 280 g/mol. The molecule has 3 N–H and O–H groups in total. The van der Waals surface area contributed by atoms with E-state index in [1.54, 1.807) is 30.0 Å². The molecule has 0 unspecified atom stereocenters. The van der Waals surface area contributed by atoms with E-state index in [9.17, 15) is 4.79 Å². The molecule has 0 aliphatic rings. The zero-order valence-electron chi connectivity index (χ0n) is 11.6. The molecule has 1 amide bonds. The fraction of sp³-hybridized carbons (Fsp3) is 0.500. The van der Waals surface area contributed by atoms with Gasteiger partial charge in [0.25, 0.3) is 5.91 Å². The van der Waals surface area contributed by atoms with E-state index in [1.807, 2.05) is 0 Å². The standard InChI is InChI=1S/C14H21ClN2OS/c1-4-14(5-2,19-3)9-17-13(18)11-8-10(16)6-7-12(11)15/h6-8H,4-5,9,16H2,1-3H3,(H,17,18). The van der Waals surface area contributed by atoms with E-state index in [-0.39, 0.29) is 10.7 Å². The van der Waals surface area contributed by atoms with Crippen molar-refractivity contribution in [2.45, 2.75) is 31.4 Å². The van der Waals surface area contributed by atoms with Gasteiger partial charge in [0.05, 0.1) is 10.6 Å². The molecular formula is C14H21ClN2OS. The van der Waals surface area contributed by atoms with Crippen molar-refractivity contribution in [3.05, 3.63) is 28.8 Å². The maximum absolute atomic E-state index is 12.2. The van der Waals surface area contributed by atoms with Crippen LogP contribution in [0.3, 0.4) is 0 Å². The number of thioether (sulfide) groups is 1.